The molecule has 118 valence electrons. The molecule has 0 unspecified atom stereocenters. The summed E-state index contributed by atoms with van der Waals surface area (Å²) >= 11 is 0. The highest BCUT2D eigenvalue weighted by molar-refractivity contribution is 6.02. The fourth-order valence-electron chi connectivity index (χ4n) is 2.40. The van der Waals surface area contributed by atoms with Crippen molar-refractivity contribution >= 4 is 16.7 Å². The molecule has 0 amide bonds. The number of esters is 1. The Morgan fingerprint density at radius 3 is 2.71 bits per heavy atom. The number of aromatic nitrogens is 2. The number of benzene rings is 2. The first-order valence-electron chi connectivity index (χ1n) is 7.22. The van der Waals surface area contributed by atoms with Crippen LogP contribution in [0, 0.1) is 11.3 Å². The topological polar surface area (TPSA) is 85.0 Å². The molecule has 0 bridgehead atoms. The Bertz CT molecular complexity index is 1030. The number of hydrogen-bond acceptors (Lipinski definition) is 5. The van der Waals surface area contributed by atoms with Crippen LogP contribution < -0.4 is 5.56 Å². The predicted octanol–water partition coefficient (Wildman–Crippen LogP) is 2.16. The van der Waals surface area contributed by atoms with Crippen LogP contribution in [0.25, 0.3) is 10.8 Å². The smallest absolute Gasteiger partial charge is 0.359 e. The van der Waals surface area contributed by atoms with Crippen LogP contribution in [0.1, 0.15) is 21.6 Å². The summed E-state index contributed by atoms with van der Waals surface area (Å²) in [6, 6.07) is 15.6. The zero-order valence-corrected chi connectivity index (χ0v) is 12.9. The predicted molar refractivity (Wildman–Crippen MR) is 87.3 cm³/mol. The Morgan fingerprint density at radius 2 is 1.96 bits per heavy atom. The van der Waals surface area contributed by atoms with Gasteiger partial charge in [0.2, 0.25) is 0 Å². The van der Waals surface area contributed by atoms with Gasteiger partial charge in [-0.25, -0.2) is 9.48 Å². The van der Waals surface area contributed by atoms with Crippen molar-refractivity contribution in [3.8, 4) is 6.07 Å². The quantitative estimate of drug-likeness (QED) is 0.691. The van der Waals surface area contributed by atoms with Crippen LogP contribution in [0.5, 0.6) is 0 Å². The molecule has 0 N–H and O–H groups in total. The summed E-state index contributed by atoms with van der Waals surface area (Å²) in [5.74, 6) is -0.621. The van der Waals surface area contributed by atoms with Crippen molar-refractivity contribution in [2.24, 2.45) is 7.05 Å². The van der Waals surface area contributed by atoms with Crippen molar-refractivity contribution in [3.05, 3.63) is 75.7 Å². The monoisotopic (exact) mass is 319 g/mol. The average Bonchev–Trinajstić information content (AvgIpc) is 2.63. The molecule has 0 radical (unpaired) electrons. The largest absolute Gasteiger partial charge is 0.456 e. The van der Waals surface area contributed by atoms with E-state index in [1.807, 2.05) is 6.07 Å². The second kappa shape index (κ2) is 6.34. The van der Waals surface area contributed by atoms with E-state index < -0.39 is 5.97 Å². The van der Waals surface area contributed by atoms with Gasteiger partial charge in [-0.3, -0.25) is 4.79 Å². The van der Waals surface area contributed by atoms with Crippen LogP contribution in [0.4, 0.5) is 0 Å². The number of rotatable bonds is 3. The molecule has 6 heteroatoms. The Kier molecular flexibility index (Phi) is 4.08. The summed E-state index contributed by atoms with van der Waals surface area (Å²) in [5.41, 5.74) is 1.01. The van der Waals surface area contributed by atoms with E-state index in [1.165, 1.54) is 7.05 Å². The lowest BCUT2D eigenvalue weighted by molar-refractivity contribution is 0.0465. The van der Waals surface area contributed by atoms with Crippen molar-refractivity contribution in [1.29, 1.82) is 5.26 Å². The molecule has 3 rings (SSSR count). The third-order valence-corrected chi connectivity index (χ3v) is 3.58. The van der Waals surface area contributed by atoms with E-state index in [-0.39, 0.29) is 17.9 Å². The normalized spacial score (nSPS) is 10.3. The lowest BCUT2D eigenvalue weighted by atomic mass is 10.1. The molecule has 0 atom stereocenters. The number of hydrogen-bond donors (Lipinski definition) is 0. The highest BCUT2D eigenvalue weighted by Gasteiger charge is 2.17. The fraction of sp³-hybridized carbons (Fsp3) is 0.111. The van der Waals surface area contributed by atoms with Crippen molar-refractivity contribution in [2.75, 3.05) is 0 Å². The molecule has 1 heterocycles. The molecule has 0 saturated heterocycles. The van der Waals surface area contributed by atoms with Crippen LogP contribution in [0.2, 0.25) is 0 Å². The number of nitriles is 1. The minimum atomic E-state index is -0.621. The summed E-state index contributed by atoms with van der Waals surface area (Å²) in [6.07, 6.45) is 0. The number of ether oxygens (including phenoxy) is 1. The zero-order chi connectivity index (χ0) is 17.1. The molecule has 0 aliphatic carbocycles. The first kappa shape index (κ1) is 15.4. The number of carbonyl (C=O) groups excluding carboxylic acids is 1. The van der Waals surface area contributed by atoms with Crippen LogP contribution >= 0.6 is 0 Å². The van der Waals surface area contributed by atoms with Crippen LogP contribution in [-0.4, -0.2) is 15.7 Å². The van der Waals surface area contributed by atoms with Gasteiger partial charge in [0.05, 0.1) is 17.0 Å². The molecule has 0 spiro atoms. The number of carbonyl (C=O) groups is 1. The Labute approximate surface area is 137 Å². The molecule has 0 aliphatic rings. The SMILES string of the molecule is Cn1nc(C(=O)OCc2cccc(C#N)c2)c2ccccc2c1=O. The number of aryl methyl sites for hydroxylation is 1. The van der Waals surface area contributed by atoms with Crippen molar-refractivity contribution in [1.82, 2.24) is 9.78 Å². The molecule has 0 saturated carbocycles. The highest BCUT2D eigenvalue weighted by Crippen LogP contribution is 2.15. The maximum Gasteiger partial charge on any atom is 0.359 e. The van der Waals surface area contributed by atoms with E-state index in [4.69, 9.17) is 10.00 Å². The molecular formula is C18H13N3O3. The molecule has 3 aromatic rings. The van der Waals surface area contributed by atoms with Gasteiger partial charge in [0.1, 0.15) is 6.61 Å². The van der Waals surface area contributed by atoms with E-state index in [0.717, 1.165) is 4.68 Å². The van der Waals surface area contributed by atoms with Crippen molar-refractivity contribution in [3.63, 3.8) is 0 Å². The van der Waals surface area contributed by atoms with Gasteiger partial charge in [-0.1, -0.05) is 30.3 Å². The molecule has 0 aliphatic heterocycles. The molecule has 24 heavy (non-hydrogen) atoms. The Morgan fingerprint density at radius 1 is 1.21 bits per heavy atom. The van der Waals surface area contributed by atoms with Gasteiger partial charge in [-0.05, 0) is 23.8 Å². The summed E-state index contributed by atoms with van der Waals surface area (Å²) < 4.78 is 6.41. The molecule has 6 nitrogen and oxygen atoms in total. The van der Waals surface area contributed by atoms with Gasteiger partial charge in [-0.2, -0.15) is 10.4 Å². The fourth-order valence-corrected chi connectivity index (χ4v) is 2.40. The molecule has 2 aromatic carbocycles. The molecule has 0 fully saturated rings. The zero-order valence-electron chi connectivity index (χ0n) is 12.9. The summed E-state index contributed by atoms with van der Waals surface area (Å²) in [7, 11) is 1.49. The average molecular weight is 319 g/mol. The lowest BCUT2D eigenvalue weighted by Gasteiger charge is -2.08. The minimum Gasteiger partial charge on any atom is -0.456 e. The van der Waals surface area contributed by atoms with E-state index >= 15 is 0 Å². The number of fused-ring (bicyclic) bond motifs is 1. The summed E-state index contributed by atoms with van der Waals surface area (Å²) in [4.78, 5) is 24.5. The van der Waals surface area contributed by atoms with Gasteiger partial charge >= 0.3 is 5.97 Å². The van der Waals surface area contributed by atoms with Gasteiger partial charge in [0, 0.05) is 12.4 Å². The summed E-state index contributed by atoms with van der Waals surface area (Å²) in [5, 5.41) is 13.8. The van der Waals surface area contributed by atoms with E-state index in [1.54, 1.807) is 48.5 Å². The minimum absolute atomic E-state index is 0.0210. The van der Waals surface area contributed by atoms with E-state index in [9.17, 15) is 9.59 Å². The van der Waals surface area contributed by atoms with Crippen LogP contribution in [0.15, 0.2) is 53.3 Å². The van der Waals surface area contributed by atoms with E-state index in [0.29, 0.717) is 21.9 Å². The van der Waals surface area contributed by atoms with Crippen molar-refractivity contribution < 1.29 is 9.53 Å². The van der Waals surface area contributed by atoms with Crippen LogP contribution in [0.3, 0.4) is 0 Å². The first-order valence-corrected chi connectivity index (χ1v) is 7.22. The maximum atomic E-state index is 12.4. The van der Waals surface area contributed by atoms with E-state index in [2.05, 4.69) is 5.10 Å². The highest BCUT2D eigenvalue weighted by atomic mass is 16.5. The second-order valence-corrected chi connectivity index (χ2v) is 5.21. The van der Waals surface area contributed by atoms with Gasteiger partial charge in [-0.15, -0.1) is 0 Å². The first-order chi connectivity index (χ1) is 11.6. The second-order valence-electron chi connectivity index (χ2n) is 5.21. The standard InChI is InChI=1S/C18H13N3O3/c1-21-17(22)15-8-3-2-7-14(15)16(20-21)18(23)24-11-13-6-4-5-12(9-13)10-19/h2-9H,11H2,1H3. The van der Waals surface area contributed by atoms with Gasteiger partial charge < -0.3 is 4.74 Å². The maximum absolute atomic E-state index is 12.4. The molecule has 1 aromatic heterocycles. The summed E-state index contributed by atoms with van der Waals surface area (Å²) in [6.45, 7) is 0.0210. The van der Waals surface area contributed by atoms with Gasteiger partial charge in [0.25, 0.3) is 5.56 Å². The van der Waals surface area contributed by atoms with Crippen LogP contribution in [-0.2, 0) is 18.4 Å². The lowest BCUT2D eigenvalue weighted by Crippen LogP contribution is -2.23. The number of nitrogens with zero attached hydrogens (tertiary/aromatic N) is 3. The Balaban J connectivity index is 1.91. The third-order valence-electron chi connectivity index (χ3n) is 3.58. The molecular weight excluding hydrogens is 306 g/mol. The van der Waals surface area contributed by atoms with Crippen molar-refractivity contribution in [2.45, 2.75) is 6.61 Å². The Hall–Kier alpha value is -3.46. The van der Waals surface area contributed by atoms with Gasteiger partial charge in [0.15, 0.2) is 5.69 Å². The third kappa shape index (κ3) is 2.88.